The standard InChI is InChI=1S/C20H23N5O2S/c1-11-8-14(11)19(26)21-6-7-22-20-23-10-15(16-9-12(2)25-27-16)18(24-20)17-5-4-13(3)28-17/h4-5,9-11,14H,6-8H2,1-3H3,(H,21,26)(H,22,23,24)/t11-,14-/m1/s1. The van der Waals surface area contributed by atoms with Crippen molar-refractivity contribution in [3.8, 4) is 21.9 Å². The number of hydrogen-bond donors (Lipinski definition) is 2. The Balaban J connectivity index is 1.48. The molecule has 7 nitrogen and oxygen atoms in total. The summed E-state index contributed by atoms with van der Waals surface area (Å²) in [5, 5.41) is 10.1. The van der Waals surface area contributed by atoms with Crippen molar-refractivity contribution in [2.45, 2.75) is 27.2 Å². The van der Waals surface area contributed by atoms with Crippen molar-refractivity contribution in [2.75, 3.05) is 18.4 Å². The molecule has 1 aliphatic carbocycles. The van der Waals surface area contributed by atoms with Crippen LogP contribution in [0.2, 0.25) is 0 Å². The van der Waals surface area contributed by atoms with Gasteiger partial charge in [-0.05, 0) is 38.3 Å². The highest BCUT2D eigenvalue weighted by molar-refractivity contribution is 7.15. The number of carbonyl (C=O) groups is 1. The van der Waals surface area contributed by atoms with Crippen LogP contribution in [0, 0.1) is 25.7 Å². The molecule has 3 aromatic rings. The van der Waals surface area contributed by atoms with Crippen molar-refractivity contribution in [1.82, 2.24) is 20.4 Å². The quantitative estimate of drug-likeness (QED) is 0.591. The van der Waals surface area contributed by atoms with Crippen molar-refractivity contribution in [2.24, 2.45) is 11.8 Å². The van der Waals surface area contributed by atoms with E-state index in [0.717, 1.165) is 28.2 Å². The van der Waals surface area contributed by atoms with Gasteiger partial charge in [0.15, 0.2) is 5.76 Å². The number of thiophene rings is 1. The SMILES string of the molecule is Cc1cc(-c2cnc(NCCNC(=O)[C@@H]3C[C@H]3C)nc2-c2ccc(C)s2)on1. The Morgan fingerprint density at radius 3 is 2.79 bits per heavy atom. The minimum Gasteiger partial charge on any atom is -0.356 e. The average Bonchev–Trinajstić information content (AvgIpc) is 3.03. The largest absolute Gasteiger partial charge is 0.356 e. The molecule has 28 heavy (non-hydrogen) atoms. The van der Waals surface area contributed by atoms with Crippen molar-refractivity contribution in [3.05, 3.63) is 35.0 Å². The molecule has 1 aliphatic rings. The van der Waals surface area contributed by atoms with Gasteiger partial charge in [-0.15, -0.1) is 11.3 Å². The molecule has 0 unspecified atom stereocenters. The van der Waals surface area contributed by atoms with E-state index in [9.17, 15) is 4.79 Å². The minimum absolute atomic E-state index is 0.140. The second-order valence-corrected chi connectivity index (χ2v) is 8.52. The highest BCUT2D eigenvalue weighted by Crippen LogP contribution is 2.37. The summed E-state index contributed by atoms with van der Waals surface area (Å²) >= 11 is 1.67. The van der Waals surface area contributed by atoms with Gasteiger partial charge in [0.2, 0.25) is 11.9 Å². The Labute approximate surface area is 167 Å². The van der Waals surface area contributed by atoms with E-state index in [1.807, 2.05) is 13.0 Å². The summed E-state index contributed by atoms with van der Waals surface area (Å²) in [6.45, 7) is 7.16. The lowest BCUT2D eigenvalue weighted by Crippen LogP contribution is -2.30. The molecule has 1 saturated carbocycles. The lowest BCUT2D eigenvalue weighted by atomic mass is 10.1. The number of rotatable bonds is 7. The van der Waals surface area contributed by atoms with Crippen molar-refractivity contribution in [3.63, 3.8) is 0 Å². The summed E-state index contributed by atoms with van der Waals surface area (Å²) in [6, 6.07) is 6.00. The molecule has 0 bridgehead atoms. The van der Waals surface area contributed by atoms with Crippen LogP contribution in [0.25, 0.3) is 21.9 Å². The number of aryl methyl sites for hydroxylation is 2. The van der Waals surface area contributed by atoms with E-state index in [-0.39, 0.29) is 11.8 Å². The summed E-state index contributed by atoms with van der Waals surface area (Å²) < 4.78 is 5.43. The second kappa shape index (κ2) is 7.71. The van der Waals surface area contributed by atoms with E-state index in [1.54, 1.807) is 17.5 Å². The highest BCUT2D eigenvalue weighted by atomic mass is 32.1. The average molecular weight is 398 g/mol. The van der Waals surface area contributed by atoms with Gasteiger partial charge in [-0.3, -0.25) is 4.79 Å². The molecule has 0 aromatic carbocycles. The van der Waals surface area contributed by atoms with Crippen LogP contribution in [0.5, 0.6) is 0 Å². The topological polar surface area (TPSA) is 92.9 Å². The number of amides is 1. The summed E-state index contributed by atoms with van der Waals surface area (Å²) in [7, 11) is 0. The third-order valence-electron chi connectivity index (χ3n) is 4.81. The lowest BCUT2D eigenvalue weighted by Gasteiger charge is -2.09. The van der Waals surface area contributed by atoms with Gasteiger partial charge in [0.1, 0.15) is 0 Å². The van der Waals surface area contributed by atoms with Gasteiger partial charge in [-0.2, -0.15) is 0 Å². The highest BCUT2D eigenvalue weighted by Gasteiger charge is 2.38. The molecule has 0 spiro atoms. The second-order valence-electron chi connectivity index (χ2n) is 7.24. The summed E-state index contributed by atoms with van der Waals surface area (Å²) in [5.41, 5.74) is 2.43. The van der Waals surface area contributed by atoms with Gasteiger partial charge in [-0.25, -0.2) is 9.97 Å². The molecule has 4 rings (SSSR count). The van der Waals surface area contributed by atoms with Crippen LogP contribution in [-0.4, -0.2) is 34.1 Å². The van der Waals surface area contributed by atoms with E-state index in [0.29, 0.717) is 30.7 Å². The molecule has 2 atom stereocenters. The Morgan fingerprint density at radius 2 is 2.14 bits per heavy atom. The number of hydrogen-bond acceptors (Lipinski definition) is 7. The number of aromatic nitrogens is 3. The minimum atomic E-state index is 0.140. The van der Waals surface area contributed by atoms with Crippen LogP contribution in [-0.2, 0) is 4.79 Å². The monoisotopic (exact) mass is 397 g/mol. The molecule has 0 aliphatic heterocycles. The third kappa shape index (κ3) is 4.06. The van der Waals surface area contributed by atoms with Gasteiger partial charge >= 0.3 is 0 Å². The fourth-order valence-corrected chi connectivity index (χ4v) is 3.94. The van der Waals surface area contributed by atoms with Gasteiger partial charge in [0.05, 0.1) is 21.8 Å². The lowest BCUT2D eigenvalue weighted by molar-refractivity contribution is -0.122. The van der Waals surface area contributed by atoms with Crippen LogP contribution in [0.3, 0.4) is 0 Å². The zero-order valence-corrected chi connectivity index (χ0v) is 17.0. The normalized spacial score (nSPS) is 18.1. The molecule has 1 amide bonds. The van der Waals surface area contributed by atoms with E-state index in [4.69, 9.17) is 9.51 Å². The van der Waals surface area contributed by atoms with Crippen LogP contribution >= 0.6 is 11.3 Å². The van der Waals surface area contributed by atoms with Gasteiger partial charge < -0.3 is 15.2 Å². The molecular weight excluding hydrogens is 374 g/mol. The Bertz CT molecular complexity index is 996. The molecule has 1 fully saturated rings. The van der Waals surface area contributed by atoms with Crippen LogP contribution in [0.15, 0.2) is 28.9 Å². The smallest absolute Gasteiger partial charge is 0.223 e. The molecule has 0 saturated heterocycles. The maximum absolute atomic E-state index is 11.9. The van der Waals surface area contributed by atoms with E-state index >= 15 is 0 Å². The molecule has 3 aromatic heterocycles. The molecule has 2 N–H and O–H groups in total. The first-order chi connectivity index (χ1) is 13.5. The maximum atomic E-state index is 11.9. The van der Waals surface area contributed by atoms with Crippen molar-refractivity contribution in [1.29, 1.82) is 0 Å². The molecule has 146 valence electrons. The Kier molecular flexibility index (Phi) is 5.13. The molecule has 8 heteroatoms. The van der Waals surface area contributed by atoms with Crippen LogP contribution in [0.1, 0.15) is 23.9 Å². The predicted molar refractivity (Wildman–Crippen MR) is 109 cm³/mol. The summed E-state index contributed by atoms with van der Waals surface area (Å²) in [6.07, 6.45) is 2.75. The maximum Gasteiger partial charge on any atom is 0.223 e. The zero-order chi connectivity index (χ0) is 19.7. The summed E-state index contributed by atoms with van der Waals surface area (Å²) in [4.78, 5) is 23.3. The first kappa shape index (κ1) is 18.6. The first-order valence-corrected chi connectivity index (χ1v) is 10.2. The van der Waals surface area contributed by atoms with E-state index in [2.05, 4.69) is 46.8 Å². The predicted octanol–water partition coefficient (Wildman–Crippen LogP) is 3.66. The zero-order valence-electron chi connectivity index (χ0n) is 16.2. The molecule has 0 radical (unpaired) electrons. The van der Waals surface area contributed by atoms with Gasteiger partial charge in [-0.1, -0.05) is 12.1 Å². The first-order valence-electron chi connectivity index (χ1n) is 9.40. The number of nitrogens with zero attached hydrogens (tertiary/aromatic N) is 3. The van der Waals surface area contributed by atoms with Crippen molar-refractivity contribution >= 4 is 23.2 Å². The van der Waals surface area contributed by atoms with E-state index in [1.165, 1.54) is 4.88 Å². The van der Waals surface area contributed by atoms with E-state index < -0.39 is 0 Å². The third-order valence-corrected chi connectivity index (χ3v) is 5.82. The molecular formula is C20H23N5O2S. The molecule has 3 heterocycles. The van der Waals surface area contributed by atoms with Crippen LogP contribution in [0.4, 0.5) is 5.95 Å². The van der Waals surface area contributed by atoms with Crippen molar-refractivity contribution < 1.29 is 9.32 Å². The summed E-state index contributed by atoms with van der Waals surface area (Å²) in [5.74, 6) is 2.02. The fraction of sp³-hybridized carbons (Fsp3) is 0.400. The Morgan fingerprint density at radius 1 is 1.32 bits per heavy atom. The number of anilines is 1. The van der Waals surface area contributed by atoms with Gasteiger partial charge in [0.25, 0.3) is 0 Å². The fourth-order valence-electron chi connectivity index (χ4n) is 3.07. The van der Waals surface area contributed by atoms with Gasteiger partial charge in [0, 0.05) is 36.1 Å². The van der Waals surface area contributed by atoms with Crippen LogP contribution < -0.4 is 10.6 Å². The number of nitrogens with one attached hydrogen (secondary N) is 2. The Hall–Kier alpha value is -2.74. The number of carbonyl (C=O) groups excluding carboxylic acids is 1.